The topological polar surface area (TPSA) is 42.2 Å². The Kier molecular flexibility index (Phi) is 3.58. The number of para-hydroxylation sites is 1. The number of rotatable bonds is 3. The predicted octanol–water partition coefficient (Wildman–Crippen LogP) is 2.79. The highest BCUT2D eigenvalue weighted by molar-refractivity contribution is 7.80. The van der Waals surface area contributed by atoms with Crippen molar-refractivity contribution < 1.29 is 0 Å². The van der Waals surface area contributed by atoms with Gasteiger partial charge in [0.2, 0.25) is 0 Å². The summed E-state index contributed by atoms with van der Waals surface area (Å²) in [5.74, 6) is 0.777. The number of nitrogens with zero attached hydrogens (tertiary/aromatic N) is 2. The predicted molar refractivity (Wildman–Crippen MR) is 79.4 cm³/mol. The molecule has 0 saturated heterocycles. The lowest BCUT2D eigenvalue weighted by molar-refractivity contribution is 1.11. The zero-order valence-corrected chi connectivity index (χ0v) is 11.2. The summed E-state index contributed by atoms with van der Waals surface area (Å²) in [7, 11) is 1.96. The third-order valence-corrected chi connectivity index (χ3v) is 3.07. The van der Waals surface area contributed by atoms with Gasteiger partial charge >= 0.3 is 0 Å². The summed E-state index contributed by atoms with van der Waals surface area (Å²) in [6.45, 7) is 2.06. The van der Waals surface area contributed by atoms with Crippen molar-refractivity contribution in [2.45, 2.75) is 6.92 Å². The molecule has 3 nitrogen and oxygen atoms in total. The third-order valence-electron chi connectivity index (χ3n) is 2.85. The molecule has 0 unspecified atom stereocenters. The van der Waals surface area contributed by atoms with Crippen LogP contribution in [0.15, 0.2) is 42.6 Å². The van der Waals surface area contributed by atoms with Crippen LogP contribution in [0.25, 0.3) is 0 Å². The molecule has 2 aromatic rings. The second kappa shape index (κ2) is 5.14. The van der Waals surface area contributed by atoms with E-state index in [1.165, 1.54) is 5.56 Å². The Morgan fingerprint density at radius 2 is 1.94 bits per heavy atom. The average Bonchev–Trinajstić information content (AvgIpc) is 2.38. The van der Waals surface area contributed by atoms with Gasteiger partial charge in [0, 0.05) is 18.9 Å². The van der Waals surface area contributed by atoms with Crippen LogP contribution < -0.4 is 10.6 Å². The molecule has 2 rings (SSSR count). The van der Waals surface area contributed by atoms with Crippen molar-refractivity contribution in [3.05, 3.63) is 53.7 Å². The maximum absolute atomic E-state index is 5.73. The molecule has 2 N–H and O–H groups in total. The molecule has 1 aromatic carbocycles. The molecule has 0 aliphatic carbocycles. The van der Waals surface area contributed by atoms with Crippen LogP contribution in [-0.4, -0.2) is 17.0 Å². The maximum Gasteiger partial charge on any atom is 0.142 e. The highest BCUT2D eigenvalue weighted by atomic mass is 32.1. The summed E-state index contributed by atoms with van der Waals surface area (Å²) in [5, 5.41) is 0. The fourth-order valence-corrected chi connectivity index (χ4v) is 2.07. The Morgan fingerprint density at radius 1 is 1.22 bits per heavy atom. The van der Waals surface area contributed by atoms with Crippen molar-refractivity contribution in [1.82, 2.24) is 4.98 Å². The molecule has 4 heteroatoms. The lowest BCUT2D eigenvalue weighted by atomic mass is 10.1. The van der Waals surface area contributed by atoms with Gasteiger partial charge in [0.15, 0.2) is 0 Å². The van der Waals surface area contributed by atoms with Gasteiger partial charge in [0.1, 0.15) is 10.8 Å². The van der Waals surface area contributed by atoms with Crippen molar-refractivity contribution in [2.75, 3.05) is 11.9 Å². The molecule has 0 aliphatic heterocycles. The van der Waals surface area contributed by atoms with Gasteiger partial charge in [0.25, 0.3) is 0 Å². The molecule has 0 radical (unpaired) electrons. The van der Waals surface area contributed by atoms with Crippen LogP contribution in [-0.2, 0) is 0 Å². The van der Waals surface area contributed by atoms with Crippen molar-refractivity contribution in [2.24, 2.45) is 5.73 Å². The Bertz CT molecular complexity index is 581. The normalized spacial score (nSPS) is 10.1. The quantitative estimate of drug-likeness (QED) is 0.859. The highest BCUT2D eigenvalue weighted by Crippen LogP contribution is 2.27. The molecule has 0 bridgehead atoms. The van der Waals surface area contributed by atoms with E-state index in [0.29, 0.717) is 4.99 Å². The van der Waals surface area contributed by atoms with E-state index in [0.717, 1.165) is 17.1 Å². The second-order valence-corrected chi connectivity index (χ2v) is 4.52. The SMILES string of the molecule is Cc1ccccc1N(C)c1ncccc1C(N)=S. The van der Waals surface area contributed by atoms with E-state index in [9.17, 15) is 0 Å². The van der Waals surface area contributed by atoms with Gasteiger partial charge in [-0.2, -0.15) is 0 Å². The van der Waals surface area contributed by atoms with Gasteiger partial charge in [-0.1, -0.05) is 30.4 Å². The summed E-state index contributed by atoms with van der Waals surface area (Å²) in [6.07, 6.45) is 1.74. The van der Waals surface area contributed by atoms with Gasteiger partial charge < -0.3 is 10.6 Å². The molecular weight excluding hydrogens is 242 g/mol. The molecule has 0 atom stereocenters. The van der Waals surface area contributed by atoms with Crippen molar-refractivity contribution in [3.8, 4) is 0 Å². The van der Waals surface area contributed by atoms with E-state index in [1.807, 2.05) is 42.3 Å². The van der Waals surface area contributed by atoms with Crippen LogP contribution in [0.1, 0.15) is 11.1 Å². The molecule has 0 saturated carbocycles. The van der Waals surface area contributed by atoms with E-state index in [1.54, 1.807) is 6.20 Å². The van der Waals surface area contributed by atoms with Gasteiger partial charge in [-0.15, -0.1) is 0 Å². The van der Waals surface area contributed by atoms with E-state index in [2.05, 4.69) is 18.0 Å². The number of hydrogen-bond acceptors (Lipinski definition) is 3. The maximum atomic E-state index is 5.73. The summed E-state index contributed by atoms with van der Waals surface area (Å²) >= 11 is 5.06. The van der Waals surface area contributed by atoms with Crippen molar-refractivity contribution in [1.29, 1.82) is 0 Å². The molecule has 18 heavy (non-hydrogen) atoms. The van der Waals surface area contributed by atoms with Crippen LogP contribution >= 0.6 is 12.2 Å². The summed E-state index contributed by atoms with van der Waals surface area (Å²) in [4.78, 5) is 6.74. The third kappa shape index (κ3) is 2.33. The Labute approximate surface area is 112 Å². The number of anilines is 2. The zero-order valence-electron chi connectivity index (χ0n) is 10.4. The number of thiocarbonyl (C=S) groups is 1. The standard InChI is InChI=1S/C14H15N3S/c1-10-6-3-4-8-12(10)17(2)14-11(13(15)18)7-5-9-16-14/h3-9H,1-2H3,(H2,15,18). The number of hydrogen-bond donors (Lipinski definition) is 1. The van der Waals surface area contributed by atoms with Crippen LogP contribution in [0, 0.1) is 6.92 Å². The van der Waals surface area contributed by atoms with E-state index in [4.69, 9.17) is 18.0 Å². The smallest absolute Gasteiger partial charge is 0.142 e. The summed E-state index contributed by atoms with van der Waals surface area (Å²) < 4.78 is 0. The Hall–Kier alpha value is -1.94. The molecule has 1 heterocycles. The number of aromatic nitrogens is 1. The first kappa shape index (κ1) is 12.5. The molecule has 0 aliphatic rings. The first-order valence-corrected chi connectivity index (χ1v) is 6.06. The monoisotopic (exact) mass is 257 g/mol. The van der Waals surface area contributed by atoms with Gasteiger partial charge in [-0.25, -0.2) is 4.98 Å². The molecule has 1 aromatic heterocycles. The number of benzene rings is 1. The van der Waals surface area contributed by atoms with Crippen LogP contribution in [0.2, 0.25) is 0 Å². The van der Waals surface area contributed by atoms with Crippen molar-refractivity contribution in [3.63, 3.8) is 0 Å². The minimum Gasteiger partial charge on any atom is -0.389 e. The zero-order chi connectivity index (χ0) is 13.1. The molecule has 92 valence electrons. The lowest BCUT2D eigenvalue weighted by Gasteiger charge is -2.22. The Balaban J connectivity index is 2.50. The van der Waals surface area contributed by atoms with E-state index in [-0.39, 0.29) is 0 Å². The summed E-state index contributed by atoms with van der Waals surface area (Å²) in [5.41, 5.74) is 8.79. The van der Waals surface area contributed by atoms with Gasteiger partial charge in [-0.05, 0) is 30.7 Å². The lowest BCUT2D eigenvalue weighted by Crippen LogP contribution is -2.19. The number of aryl methyl sites for hydroxylation is 1. The first-order chi connectivity index (χ1) is 8.61. The molecule has 0 fully saturated rings. The van der Waals surface area contributed by atoms with E-state index < -0.39 is 0 Å². The highest BCUT2D eigenvalue weighted by Gasteiger charge is 2.13. The first-order valence-electron chi connectivity index (χ1n) is 5.65. The van der Waals surface area contributed by atoms with Crippen LogP contribution in [0.4, 0.5) is 11.5 Å². The van der Waals surface area contributed by atoms with Crippen molar-refractivity contribution >= 4 is 28.7 Å². The van der Waals surface area contributed by atoms with Gasteiger partial charge in [-0.3, -0.25) is 0 Å². The number of nitrogens with two attached hydrogens (primary N) is 1. The Morgan fingerprint density at radius 3 is 2.61 bits per heavy atom. The van der Waals surface area contributed by atoms with Crippen LogP contribution in [0.3, 0.4) is 0 Å². The average molecular weight is 257 g/mol. The minimum atomic E-state index is 0.360. The fraction of sp³-hybridized carbons (Fsp3) is 0.143. The van der Waals surface area contributed by atoms with Gasteiger partial charge in [0.05, 0.1) is 5.56 Å². The number of pyridine rings is 1. The molecular formula is C14H15N3S. The van der Waals surface area contributed by atoms with E-state index >= 15 is 0 Å². The fourth-order valence-electron chi connectivity index (χ4n) is 1.91. The van der Waals surface area contributed by atoms with Crippen LogP contribution in [0.5, 0.6) is 0 Å². The second-order valence-electron chi connectivity index (χ2n) is 4.08. The molecule has 0 spiro atoms. The molecule has 0 amide bonds. The minimum absolute atomic E-state index is 0.360. The summed E-state index contributed by atoms with van der Waals surface area (Å²) in [6, 6.07) is 11.9. The largest absolute Gasteiger partial charge is 0.389 e.